The number of nitrogens with zero attached hydrogens (tertiary/aromatic N) is 1. The minimum atomic E-state index is -0.230. The predicted molar refractivity (Wildman–Crippen MR) is 103 cm³/mol. The van der Waals surface area contributed by atoms with Gasteiger partial charge in [-0.3, -0.25) is 9.59 Å². The summed E-state index contributed by atoms with van der Waals surface area (Å²) in [6, 6.07) is 14.9. The predicted octanol–water partition coefficient (Wildman–Crippen LogP) is 4.87. The van der Waals surface area contributed by atoms with Crippen molar-refractivity contribution in [3.8, 4) is 0 Å². The van der Waals surface area contributed by atoms with Gasteiger partial charge in [0.25, 0.3) is 5.24 Å². The van der Waals surface area contributed by atoms with Gasteiger partial charge in [0.05, 0.1) is 0 Å². The van der Waals surface area contributed by atoms with Crippen LogP contribution in [0.15, 0.2) is 64.0 Å². The summed E-state index contributed by atoms with van der Waals surface area (Å²) in [5.41, 5.74) is 1.57. The Morgan fingerprint density at radius 3 is 2.58 bits per heavy atom. The number of nitrogens with one attached hydrogen (secondary N) is 1. The fraction of sp³-hybridized carbons (Fsp3) is 0.111. The van der Waals surface area contributed by atoms with E-state index in [4.69, 9.17) is 0 Å². The monoisotopic (exact) mass is 404 g/mol. The second kappa shape index (κ2) is 8.70. The number of thioether (sulfide) groups is 1. The molecule has 0 unspecified atom stereocenters. The van der Waals surface area contributed by atoms with Crippen LogP contribution in [0.1, 0.15) is 5.56 Å². The van der Waals surface area contributed by atoms with Crippen LogP contribution < -0.4 is 5.32 Å². The van der Waals surface area contributed by atoms with Crippen LogP contribution in [-0.2, 0) is 4.79 Å². The van der Waals surface area contributed by atoms with Gasteiger partial charge in [-0.1, -0.05) is 40.2 Å². The van der Waals surface area contributed by atoms with Crippen LogP contribution in [0.25, 0.3) is 6.08 Å². The van der Waals surface area contributed by atoms with Crippen LogP contribution in [0.3, 0.4) is 0 Å². The van der Waals surface area contributed by atoms with Gasteiger partial charge in [-0.25, -0.2) is 0 Å². The van der Waals surface area contributed by atoms with Crippen molar-refractivity contribution >= 4 is 50.6 Å². The van der Waals surface area contributed by atoms with E-state index in [0.717, 1.165) is 26.7 Å². The molecule has 0 heterocycles. The number of anilines is 1. The third-order valence-corrected chi connectivity index (χ3v) is 4.74. The fourth-order valence-corrected chi connectivity index (χ4v) is 2.92. The normalized spacial score (nSPS) is 10.6. The van der Waals surface area contributed by atoms with Crippen molar-refractivity contribution in [3.05, 3.63) is 64.6 Å². The van der Waals surface area contributed by atoms with E-state index < -0.39 is 0 Å². The maximum Gasteiger partial charge on any atom is 0.285 e. The first-order valence-corrected chi connectivity index (χ1v) is 8.79. The van der Waals surface area contributed by atoms with E-state index in [1.807, 2.05) is 30.3 Å². The molecule has 4 nitrogen and oxygen atoms in total. The Bertz CT molecular complexity index is 775. The summed E-state index contributed by atoms with van der Waals surface area (Å²) in [4.78, 5) is 26.1. The van der Waals surface area contributed by atoms with Crippen molar-refractivity contribution < 1.29 is 9.59 Å². The highest BCUT2D eigenvalue weighted by Crippen LogP contribution is 2.23. The second-order valence-electron chi connectivity index (χ2n) is 5.13. The number of benzene rings is 2. The standard InChI is InChI=1S/C18H17BrN2O2S/c1-21(2)18(23)24-15-8-5-7-14(12-15)20-17(22)11-10-13-6-3-4-9-16(13)19/h3-12H,1-2H3,(H,20,22)/b11-10+. The summed E-state index contributed by atoms with van der Waals surface area (Å²) < 4.78 is 0.926. The van der Waals surface area contributed by atoms with E-state index in [1.165, 1.54) is 11.0 Å². The first-order chi connectivity index (χ1) is 11.5. The van der Waals surface area contributed by atoms with Gasteiger partial charge >= 0.3 is 0 Å². The van der Waals surface area contributed by atoms with Crippen LogP contribution in [0.5, 0.6) is 0 Å². The lowest BCUT2D eigenvalue weighted by Gasteiger charge is -2.10. The molecule has 0 atom stereocenters. The SMILES string of the molecule is CN(C)C(=O)Sc1cccc(NC(=O)/C=C/c2ccccc2Br)c1. The van der Waals surface area contributed by atoms with Gasteiger partial charge in [0.2, 0.25) is 5.91 Å². The molecule has 0 radical (unpaired) electrons. The molecule has 0 aliphatic rings. The summed E-state index contributed by atoms with van der Waals surface area (Å²) >= 11 is 4.55. The quantitative estimate of drug-likeness (QED) is 0.583. The molecule has 0 fully saturated rings. The van der Waals surface area contributed by atoms with Crippen molar-refractivity contribution in [2.75, 3.05) is 19.4 Å². The molecule has 0 spiro atoms. The molecule has 0 aliphatic carbocycles. The van der Waals surface area contributed by atoms with E-state index in [-0.39, 0.29) is 11.1 Å². The Kier molecular flexibility index (Phi) is 6.63. The highest BCUT2D eigenvalue weighted by atomic mass is 79.9. The van der Waals surface area contributed by atoms with Crippen LogP contribution in [-0.4, -0.2) is 30.1 Å². The van der Waals surface area contributed by atoms with Crippen molar-refractivity contribution in [1.29, 1.82) is 0 Å². The van der Waals surface area contributed by atoms with Gasteiger partial charge in [-0.2, -0.15) is 0 Å². The first kappa shape index (κ1) is 18.3. The summed E-state index contributed by atoms with van der Waals surface area (Å²) in [6.07, 6.45) is 3.22. The highest BCUT2D eigenvalue weighted by Gasteiger charge is 2.07. The molecule has 124 valence electrons. The average molecular weight is 405 g/mol. The molecule has 2 amide bonds. The minimum absolute atomic E-state index is 0.0627. The Balaban J connectivity index is 2.01. The molecule has 0 saturated heterocycles. The van der Waals surface area contributed by atoms with Gasteiger partial charge in [-0.05, 0) is 47.7 Å². The molecule has 2 aromatic carbocycles. The smallest absolute Gasteiger partial charge is 0.285 e. The molecule has 0 saturated carbocycles. The molecule has 24 heavy (non-hydrogen) atoms. The molecule has 2 aromatic rings. The molecule has 6 heteroatoms. The number of carbonyl (C=O) groups is 2. The zero-order valence-corrected chi connectivity index (χ0v) is 15.7. The summed E-state index contributed by atoms with van der Waals surface area (Å²) in [7, 11) is 3.40. The van der Waals surface area contributed by atoms with Gasteiger partial charge in [0.1, 0.15) is 0 Å². The van der Waals surface area contributed by atoms with Crippen LogP contribution in [0.4, 0.5) is 10.5 Å². The third-order valence-electron chi connectivity index (χ3n) is 2.99. The van der Waals surface area contributed by atoms with E-state index in [0.29, 0.717) is 5.69 Å². The van der Waals surface area contributed by atoms with Gasteiger partial charge in [0.15, 0.2) is 0 Å². The number of hydrogen-bond donors (Lipinski definition) is 1. The lowest BCUT2D eigenvalue weighted by Crippen LogP contribution is -2.16. The van der Waals surface area contributed by atoms with Crippen molar-refractivity contribution in [2.24, 2.45) is 0 Å². The van der Waals surface area contributed by atoms with Gasteiger partial charge in [-0.15, -0.1) is 0 Å². The Morgan fingerprint density at radius 1 is 1.12 bits per heavy atom. The lowest BCUT2D eigenvalue weighted by atomic mass is 10.2. The lowest BCUT2D eigenvalue weighted by molar-refractivity contribution is -0.111. The number of hydrogen-bond acceptors (Lipinski definition) is 3. The largest absolute Gasteiger partial charge is 0.339 e. The van der Waals surface area contributed by atoms with Gasteiger partial charge in [0, 0.05) is 35.2 Å². The van der Waals surface area contributed by atoms with Gasteiger partial charge < -0.3 is 10.2 Å². The zero-order valence-electron chi connectivity index (χ0n) is 13.3. The van der Waals surface area contributed by atoms with Crippen molar-refractivity contribution in [3.63, 3.8) is 0 Å². The van der Waals surface area contributed by atoms with E-state index in [9.17, 15) is 9.59 Å². The number of rotatable bonds is 4. The summed E-state index contributed by atoms with van der Waals surface area (Å²) in [6.45, 7) is 0. The Hall–Kier alpha value is -2.05. The van der Waals surface area contributed by atoms with Crippen LogP contribution in [0.2, 0.25) is 0 Å². The first-order valence-electron chi connectivity index (χ1n) is 7.18. The second-order valence-corrected chi connectivity index (χ2v) is 7.01. The Labute approximate surface area is 154 Å². The number of halogens is 1. The van der Waals surface area contributed by atoms with Crippen molar-refractivity contribution in [2.45, 2.75) is 4.90 Å². The third kappa shape index (κ3) is 5.54. The van der Waals surface area contributed by atoms with E-state index in [2.05, 4.69) is 21.2 Å². The average Bonchev–Trinajstić information content (AvgIpc) is 2.54. The maximum absolute atomic E-state index is 12.0. The zero-order chi connectivity index (χ0) is 17.5. The van der Waals surface area contributed by atoms with E-state index >= 15 is 0 Å². The summed E-state index contributed by atoms with van der Waals surface area (Å²) in [5.74, 6) is -0.230. The molecule has 2 rings (SSSR count). The molecule has 1 N–H and O–H groups in total. The minimum Gasteiger partial charge on any atom is -0.339 e. The molecule has 0 bridgehead atoms. The molecule has 0 aliphatic heterocycles. The molecule has 0 aromatic heterocycles. The topological polar surface area (TPSA) is 49.4 Å². The van der Waals surface area contributed by atoms with Crippen LogP contribution in [0, 0.1) is 0 Å². The molecular weight excluding hydrogens is 388 g/mol. The van der Waals surface area contributed by atoms with Crippen LogP contribution >= 0.6 is 27.7 Å². The Morgan fingerprint density at radius 2 is 1.88 bits per heavy atom. The summed E-state index contributed by atoms with van der Waals surface area (Å²) in [5, 5.41) is 2.73. The number of amides is 2. The fourth-order valence-electron chi connectivity index (χ4n) is 1.79. The number of carbonyl (C=O) groups excluding carboxylic acids is 2. The maximum atomic E-state index is 12.0. The van der Waals surface area contributed by atoms with Crippen molar-refractivity contribution in [1.82, 2.24) is 4.90 Å². The highest BCUT2D eigenvalue weighted by molar-refractivity contribution is 9.10. The van der Waals surface area contributed by atoms with E-state index in [1.54, 1.807) is 38.4 Å². The molecular formula is C18H17BrN2O2S.